The summed E-state index contributed by atoms with van der Waals surface area (Å²) in [7, 11) is -3.97. The second kappa shape index (κ2) is 15.7. The van der Waals surface area contributed by atoms with Crippen LogP contribution < -0.4 is 14.8 Å². The van der Waals surface area contributed by atoms with Crippen LogP contribution in [0.5, 0.6) is 5.88 Å². The van der Waals surface area contributed by atoms with Crippen LogP contribution in [0.2, 0.25) is 0 Å². The Labute approximate surface area is 329 Å². The molecular formula is C42H55N5O8S. The van der Waals surface area contributed by atoms with Crippen molar-refractivity contribution in [3.63, 3.8) is 0 Å². The van der Waals surface area contributed by atoms with Gasteiger partial charge in [-0.05, 0) is 102 Å². The molecule has 2 aromatic rings. The average molecular weight is 790 g/mol. The number of amides is 3. The third-order valence-electron chi connectivity index (χ3n) is 13.2. The molecule has 7 atom stereocenters. The minimum Gasteiger partial charge on any atom is -0.471 e. The van der Waals surface area contributed by atoms with E-state index < -0.39 is 56.1 Å². The van der Waals surface area contributed by atoms with Crippen molar-refractivity contribution in [1.29, 1.82) is 0 Å². The zero-order chi connectivity index (χ0) is 39.1. The summed E-state index contributed by atoms with van der Waals surface area (Å²) < 4.78 is 40.4. The molecule has 302 valence electrons. The van der Waals surface area contributed by atoms with Gasteiger partial charge in [0.25, 0.3) is 5.91 Å². The number of carbonyl (C=O) groups excluding carboxylic acids is 4. The van der Waals surface area contributed by atoms with Crippen molar-refractivity contribution >= 4 is 44.7 Å². The van der Waals surface area contributed by atoms with E-state index in [-0.39, 0.29) is 43.8 Å². The zero-order valence-electron chi connectivity index (χ0n) is 32.4. The van der Waals surface area contributed by atoms with E-state index in [2.05, 4.69) is 10.0 Å². The molecular weight excluding hydrogens is 735 g/mol. The van der Waals surface area contributed by atoms with Crippen molar-refractivity contribution in [3.05, 3.63) is 42.1 Å². The molecule has 14 heteroatoms. The van der Waals surface area contributed by atoms with E-state index >= 15 is 0 Å². The van der Waals surface area contributed by atoms with E-state index in [9.17, 15) is 27.6 Å². The van der Waals surface area contributed by atoms with Gasteiger partial charge in [0.15, 0.2) is 0 Å². The number of esters is 1. The third kappa shape index (κ3) is 8.04. The average Bonchev–Trinajstić information content (AvgIpc) is 3.97. The van der Waals surface area contributed by atoms with Crippen LogP contribution in [0.4, 0.5) is 0 Å². The topological polar surface area (TPSA) is 174 Å². The first-order chi connectivity index (χ1) is 26.9. The van der Waals surface area contributed by atoms with Gasteiger partial charge in [0.2, 0.25) is 27.7 Å². The predicted octanol–water partition coefficient (Wildman–Crippen LogP) is 5.21. The number of nitrogens with one attached hydrogen (secondary N) is 2. The van der Waals surface area contributed by atoms with Gasteiger partial charge in [-0.2, -0.15) is 0 Å². The predicted molar refractivity (Wildman–Crippen MR) is 207 cm³/mol. The van der Waals surface area contributed by atoms with E-state index in [1.807, 2.05) is 36.4 Å². The normalized spacial score (nSPS) is 33.2. The second-order valence-electron chi connectivity index (χ2n) is 17.4. The Bertz CT molecular complexity index is 2000. The summed E-state index contributed by atoms with van der Waals surface area (Å²) >= 11 is 0. The summed E-state index contributed by atoms with van der Waals surface area (Å²) in [5.41, 5.74) is 0.684. The number of allylic oxidation sites excluding steroid dienone is 1. The van der Waals surface area contributed by atoms with Gasteiger partial charge in [-0.15, -0.1) is 0 Å². The van der Waals surface area contributed by atoms with E-state index in [1.165, 1.54) is 4.90 Å². The van der Waals surface area contributed by atoms with Gasteiger partial charge >= 0.3 is 5.97 Å². The number of aryl methyl sites for hydroxylation is 1. The van der Waals surface area contributed by atoms with E-state index in [0.717, 1.165) is 81.8 Å². The van der Waals surface area contributed by atoms with Crippen LogP contribution in [0, 0.1) is 17.8 Å². The molecule has 6 aliphatic rings. The summed E-state index contributed by atoms with van der Waals surface area (Å²) in [5, 5.41) is 2.95. The van der Waals surface area contributed by atoms with Crippen LogP contribution in [0.15, 0.2) is 36.4 Å². The second-order valence-corrected chi connectivity index (χ2v) is 19.6. The number of rotatable bonds is 3. The number of benzene rings is 1. The van der Waals surface area contributed by atoms with E-state index in [1.54, 1.807) is 6.92 Å². The van der Waals surface area contributed by atoms with Crippen molar-refractivity contribution < 1.29 is 37.1 Å². The molecule has 3 amide bonds. The highest BCUT2D eigenvalue weighted by Gasteiger charge is 2.63. The SMILES string of the molecule is CC1(S(=O)(=O)NC(=O)[C@@]23C[C@H]2/C=C\CCCCC[C@@H]2CC(=O)O[C@@H]4CCC[C@H]4CCCCCc4nc5ccccc5nc4O[C@@H]4C[C@@H](C(=O)N3)N(C4)C2=O)CC1. The molecule has 0 spiro atoms. The maximum atomic E-state index is 14.7. The number of carbonyl (C=O) groups is 4. The lowest BCUT2D eigenvalue weighted by Gasteiger charge is -2.30. The molecule has 3 bridgehead atoms. The molecule has 1 aromatic heterocycles. The highest BCUT2D eigenvalue weighted by molar-refractivity contribution is 7.91. The lowest BCUT2D eigenvalue weighted by Crippen LogP contribution is -2.57. The number of hydrogen-bond acceptors (Lipinski definition) is 10. The quantitative estimate of drug-likeness (QED) is 0.311. The summed E-state index contributed by atoms with van der Waals surface area (Å²) in [6.07, 6.45) is 15.2. The smallest absolute Gasteiger partial charge is 0.306 e. The number of para-hydroxylation sites is 2. The number of fused-ring (bicyclic) bond motifs is 6. The molecule has 3 aliphatic heterocycles. The Hall–Kier alpha value is -4.07. The number of nitrogens with zero attached hydrogens (tertiary/aromatic N) is 3. The van der Waals surface area contributed by atoms with Crippen molar-refractivity contribution in [2.45, 2.75) is 151 Å². The monoisotopic (exact) mass is 789 g/mol. The number of sulfonamides is 1. The Morgan fingerprint density at radius 2 is 1.68 bits per heavy atom. The molecule has 56 heavy (non-hydrogen) atoms. The Balaban J connectivity index is 1.13. The maximum absolute atomic E-state index is 14.7. The van der Waals surface area contributed by atoms with Crippen molar-refractivity contribution in [2.75, 3.05) is 6.54 Å². The molecule has 1 aromatic carbocycles. The standard InChI is InChI=1S/C42H55N5O8S/c1-41(21-22-41)56(52,53)46-40(51)42-25-29(42)16-8-4-2-3-6-14-28-23-36(48)55-35-20-12-15-27(35)13-7-5-9-19-33-38(44-32-18-11-10-17-31(32)43-33)54-30-24-34(37(49)45-42)47(26-30)39(28)50/h8,10-11,16-18,27-30,34-35H,2-7,9,12-15,19-26H2,1H3,(H,45,49)(H,46,51)/b16-8-/t27-,28-,29-,30-,34+,35-,42-/m1/s1. The van der Waals surface area contributed by atoms with Gasteiger partial charge in [-0.1, -0.05) is 50.0 Å². The van der Waals surface area contributed by atoms with Crippen LogP contribution in [-0.4, -0.2) is 82.1 Å². The molecule has 4 fully saturated rings. The fourth-order valence-corrected chi connectivity index (χ4v) is 10.6. The Kier molecular flexibility index (Phi) is 10.9. The molecule has 0 radical (unpaired) electrons. The number of hydrogen-bond donors (Lipinski definition) is 2. The number of aromatic nitrogens is 2. The molecule has 13 nitrogen and oxygen atoms in total. The van der Waals surface area contributed by atoms with Crippen molar-refractivity contribution in [2.24, 2.45) is 17.8 Å². The third-order valence-corrected chi connectivity index (χ3v) is 15.4. The van der Waals surface area contributed by atoms with Crippen LogP contribution in [-0.2, 0) is 40.4 Å². The minimum atomic E-state index is -3.97. The van der Waals surface area contributed by atoms with Gasteiger partial charge in [0.05, 0.1) is 28.7 Å². The number of ether oxygens (including phenoxy) is 2. The van der Waals surface area contributed by atoms with Crippen LogP contribution >= 0.6 is 0 Å². The van der Waals surface area contributed by atoms with Gasteiger partial charge in [0.1, 0.15) is 29.5 Å². The first-order valence-electron chi connectivity index (χ1n) is 20.9. The zero-order valence-corrected chi connectivity index (χ0v) is 33.2. The van der Waals surface area contributed by atoms with Gasteiger partial charge in [-0.3, -0.25) is 23.9 Å². The highest BCUT2D eigenvalue weighted by Crippen LogP contribution is 2.47. The summed E-state index contributed by atoms with van der Waals surface area (Å²) in [6, 6.07) is 6.58. The minimum absolute atomic E-state index is 0.0658. The molecule has 4 heterocycles. The summed E-state index contributed by atoms with van der Waals surface area (Å²) in [5.74, 6) is -2.48. The molecule has 1 saturated heterocycles. The first kappa shape index (κ1) is 38.8. The van der Waals surface area contributed by atoms with E-state index in [0.29, 0.717) is 43.0 Å². The largest absolute Gasteiger partial charge is 0.471 e. The lowest BCUT2D eigenvalue weighted by molar-refractivity contribution is -0.155. The highest BCUT2D eigenvalue weighted by atomic mass is 32.2. The lowest BCUT2D eigenvalue weighted by atomic mass is 9.94. The summed E-state index contributed by atoms with van der Waals surface area (Å²) in [4.78, 5) is 68.2. The van der Waals surface area contributed by atoms with E-state index in [4.69, 9.17) is 19.4 Å². The maximum Gasteiger partial charge on any atom is 0.306 e. The molecule has 8 rings (SSSR count). The van der Waals surface area contributed by atoms with Gasteiger partial charge in [0, 0.05) is 18.3 Å². The van der Waals surface area contributed by atoms with Gasteiger partial charge < -0.3 is 19.7 Å². The van der Waals surface area contributed by atoms with Crippen LogP contribution in [0.25, 0.3) is 11.0 Å². The Morgan fingerprint density at radius 1 is 0.929 bits per heavy atom. The Morgan fingerprint density at radius 3 is 2.48 bits per heavy atom. The van der Waals surface area contributed by atoms with Crippen LogP contribution in [0.1, 0.15) is 122 Å². The van der Waals surface area contributed by atoms with Crippen molar-refractivity contribution in [3.8, 4) is 5.88 Å². The molecule has 3 saturated carbocycles. The molecule has 3 aliphatic carbocycles. The molecule has 0 unspecified atom stereocenters. The fourth-order valence-electron chi connectivity index (χ4n) is 9.30. The first-order valence-corrected chi connectivity index (χ1v) is 22.4. The fraction of sp³-hybridized carbons (Fsp3) is 0.667. The molecule has 2 N–H and O–H groups in total. The van der Waals surface area contributed by atoms with Crippen molar-refractivity contribution in [1.82, 2.24) is 24.9 Å². The van der Waals surface area contributed by atoms with Crippen LogP contribution in [0.3, 0.4) is 0 Å². The summed E-state index contributed by atoms with van der Waals surface area (Å²) in [6.45, 7) is 1.68. The van der Waals surface area contributed by atoms with Gasteiger partial charge in [-0.25, -0.2) is 18.4 Å².